The molecule has 0 fully saturated rings. The SMILES string of the molecule is COc1cccc(Cn2cnc3c(C)csc3c2=O)c1F. The highest BCUT2D eigenvalue weighted by Gasteiger charge is 2.12. The van der Waals surface area contributed by atoms with Crippen LogP contribution in [0.4, 0.5) is 4.39 Å². The molecule has 0 amide bonds. The van der Waals surface area contributed by atoms with Crippen LogP contribution in [-0.2, 0) is 6.54 Å². The fourth-order valence-electron chi connectivity index (χ4n) is 2.19. The molecule has 0 N–H and O–H groups in total. The van der Waals surface area contributed by atoms with Gasteiger partial charge in [0.2, 0.25) is 0 Å². The van der Waals surface area contributed by atoms with Crippen LogP contribution in [0.25, 0.3) is 10.2 Å². The minimum absolute atomic E-state index is 0.127. The molecule has 6 heteroatoms. The average Bonchev–Trinajstić information content (AvgIpc) is 2.86. The second-order valence-electron chi connectivity index (χ2n) is 4.71. The molecule has 0 bridgehead atoms. The zero-order chi connectivity index (χ0) is 15.0. The van der Waals surface area contributed by atoms with Crippen molar-refractivity contribution in [3.63, 3.8) is 0 Å². The molecule has 0 aliphatic rings. The van der Waals surface area contributed by atoms with Crippen molar-refractivity contribution in [2.75, 3.05) is 7.11 Å². The number of aryl methyl sites for hydroxylation is 1. The smallest absolute Gasteiger partial charge is 0.271 e. The summed E-state index contributed by atoms with van der Waals surface area (Å²) in [7, 11) is 1.41. The van der Waals surface area contributed by atoms with E-state index < -0.39 is 5.82 Å². The summed E-state index contributed by atoms with van der Waals surface area (Å²) in [4.78, 5) is 16.7. The fraction of sp³-hybridized carbons (Fsp3) is 0.200. The summed E-state index contributed by atoms with van der Waals surface area (Å²) in [6, 6.07) is 4.88. The quantitative estimate of drug-likeness (QED) is 0.747. The number of aromatic nitrogens is 2. The average molecular weight is 304 g/mol. The zero-order valence-electron chi connectivity index (χ0n) is 11.6. The van der Waals surface area contributed by atoms with Crippen LogP contribution >= 0.6 is 11.3 Å². The molecule has 3 aromatic rings. The zero-order valence-corrected chi connectivity index (χ0v) is 12.4. The summed E-state index contributed by atoms with van der Waals surface area (Å²) >= 11 is 1.36. The molecule has 2 aromatic heterocycles. The number of benzene rings is 1. The lowest BCUT2D eigenvalue weighted by Gasteiger charge is -2.09. The van der Waals surface area contributed by atoms with Crippen LogP contribution in [0.3, 0.4) is 0 Å². The number of thiophene rings is 1. The summed E-state index contributed by atoms with van der Waals surface area (Å²) in [5.74, 6) is -0.282. The Bertz CT molecular complexity index is 870. The number of hydrogen-bond acceptors (Lipinski definition) is 4. The van der Waals surface area contributed by atoms with Crippen molar-refractivity contribution in [3.05, 3.63) is 57.2 Å². The molecular weight excluding hydrogens is 291 g/mol. The van der Waals surface area contributed by atoms with Gasteiger partial charge in [-0.3, -0.25) is 9.36 Å². The third-order valence-electron chi connectivity index (χ3n) is 3.33. The predicted molar refractivity (Wildman–Crippen MR) is 80.7 cm³/mol. The molecule has 21 heavy (non-hydrogen) atoms. The number of hydrogen-bond donors (Lipinski definition) is 0. The largest absolute Gasteiger partial charge is 0.494 e. The van der Waals surface area contributed by atoms with Gasteiger partial charge in [0.25, 0.3) is 5.56 Å². The lowest BCUT2D eigenvalue weighted by Crippen LogP contribution is -2.21. The van der Waals surface area contributed by atoms with E-state index in [4.69, 9.17) is 4.74 Å². The third kappa shape index (κ3) is 2.31. The molecule has 0 saturated heterocycles. The Morgan fingerprint density at radius 2 is 2.24 bits per heavy atom. The van der Waals surface area contributed by atoms with Crippen molar-refractivity contribution in [1.82, 2.24) is 9.55 Å². The highest BCUT2D eigenvalue weighted by molar-refractivity contribution is 7.17. The van der Waals surface area contributed by atoms with Crippen molar-refractivity contribution in [2.24, 2.45) is 0 Å². The topological polar surface area (TPSA) is 44.1 Å². The van der Waals surface area contributed by atoms with E-state index >= 15 is 0 Å². The van der Waals surface area contributed by atoms with Gasteiger partial charge in [-0.1, -0.05) is 12.1 Å². The molecule has 0 atom stereocenters. The van der Waals surface area contributed by atoms with Crippen molar-refractivity contribution >= 4 is 21.6 Å². The summed E-state index contributed by atoms with van der Waals surface area (Å²) in [5.41, 5.74) is 1.94. The Kier molecular flexibility index (Phi) is 3.47. The van der Waals surface area contributed by atoms with E-state index in [1.165, 1.54) is 29.3 Å². The second-order valence-corrected chi connectivity index (χ2v) is 5.59. The van der Waals surface area contributed by atoms with Crippen molar-refractivity contribution < 1.29 is 9.13 Å². The maximum Gasteiger partial charge on any atom is 0.271 e. The van der Waals surface area contributed by atoms with Crippen LogP contribution in [0.5, 0.6) is 5.75 Å². The molecule has 0 aliphatic carbocycles. The van der Waals surface area contributed by atoms with Crippen LogP contribution in [-0.4, -0.2) is 16.7 Å². The number of methoxy groups -OCH3 is 1. The summed E-state index contributed by atoms with van der Waals surface area (Å²) in [6.45, 7) is 2.04. The highest BCUT2D eigenvalue weighted by atomic mass is 32.1. The molecule has 108 valence electrons. The second kappa shape index (κ2) is 5.29. The van der Waals surface area contributed by atoms with Crippen LogP contribution in [0, 0.1) is 12.7 Å². The van der Waals surface area contributed by atoms with E-state index in [0.717, 1.165) is 5.56 Å². The number of rotatable bonds is 3. The van der Waals surface area contributed by atoms with Gasteiger partial charge in [0.1, 0.15) is 4.70 Å². The molecule has 1 aromatic carbocycles. The Balaban J connectivity index is 2.07. The molecule has 0 spiro atoms. The van der Waals surface area contributed by atoms with Crippen molar-refractivity contribution in [2.45, 2.75) is 13.5 Å². The molecule has 2 heterocycles. The van der Waals surface area contributed by atoms with Gasteiger partial charge in [0.15, 0.2) is 11.6 Å². The van der Waals surface area contributed by atoms with Gasteiger partial charge >= 0.3 is 0 Å². The number of halogens is 1. The van der Waals surface area contributed by atoms with E-state index in [-0.39, 0.29) is 17.9 Å². The number of ether oxygens (including phenoxy) is 1. The van der Waals surface area contributed by atoms with Gasteiger partial charge in [-0.25, -0.2) is 9.37 Å². The first-order valence-corrected chi connectivity index (χ1v) is 7.24. The summed E-state index contributed by atoms with van der Waals surface area (Å²) in [6.07, 6.45) is 1.46. The van der Waals surface area contributed by atoms with Gasteiger partial charge in [-0.2, -0.15) is 0 Å². The first kappa shape index (κ1) is 13.8. The highest BCUT2D eigenvalue weighted by Crippen LogP contribution is 2.22. The molecule has 0 aliphatic heterocycles. The van der Waals surface area contributed by atoms with Gasteiger partial charge < -0.3 is 4.74 Å². The summed E-state index contributed by atoms with van der Waals surface area (Å²) in [5, 5.41) is 1.90. The minimum atomic E-state index is -0.450. The molecule has 3 rings (SSSR count). The van der Waals surface area contributed by atoms with E-state index in [2.05, 4.69) is 4.98 Å². The van der Waals surface area contributed by atoms with Gasteiger partial charge in [0, 0.05) is 5.56 Å². The first-order valence-electron chi connectivity index (χ1n) is 6.36. The van der Waals surface area contributed by atoms with E-state index in [1.807, 2.05) is 12.3 Å². The Hall–Kier alpha value is -2.21. The van der Waals surface area contributed by atoms with Gasteiger partial charge in [-0.05, 0) is 23.9 Å². The number of fused-ring (bicyclic) bond motifs is 1. The van der Waals surface area contributed by atoms with Crippen molar-refractivity contribution in [1.29, 1.82) is 0 Å². The van der Waals surface area contributed by atoms with Crippen LogP contribution in [0.1, 0.15) is 11.1 Å². The lowest BCUT2D eigenvalue weighted by atomic mass is 10.2. The first-order chi connectivity index (χ1) is 10.1. The Labute approximate surface area is 124 Å². The van der Waals surface area contributed by atoms with Crippen LogP contribution < -0.4 is 10.3 Å². The Morgan fingerprint density at radius 3 is 3.00 bits per heavy atom. The Morgan fingerprint density at radius 1 is 1.43 bits per heavy atom. The third-order valence-corrected chi connectivity index (χ3v) is 4.40. The molecule has 4 nitrogen and oxygen atoms in total. The molecular formula is C15H13FN2O2S. The molecule has 0 saturated carbocycles. The molecule has 0 radical (unpaired) electrons. The summed E-state index contributed by atoms with van der Waals surface area (Å²) < 4.78 is 21.1. The van der Waals surface area contributed by atoms with Crippen molar-refractivity contribution in [3.8, 4) is 5.75 Å². The van der Waals surface area contributed by atoms with Crippen LogP contribution in [0.15, 0.2) is 34.7 Å². The van der Waals surface area contributed by atoms with E-state index in [9.17, 15) is 9.18 Å². The number of nitrogens with zero attached hydrogens (tertiary/aromatic N) is 2. The van der Waals surface area contributed by atoms with Gasteiger partial charge in [0.05, 0.1) is 25.5 Å². The lowest BCUT2D eigenvalue weighted by molar-refractivity contribution is 0.383. The standard InChI is InChI=1S/C15H13FN2O2S/c1-9-7-21-14-13(9)17-8-18(15(14)19)6-10-4-3-5-11(20-2)12(10)16/h3-5,7-8H,6H2,1-2H3. The fourth-order valence-corrected chi connectivity index (χ4v) is 3.14. The van der Waals surface area contributed by atoms with Gasteiger partial charge in [-0.15, -0.1) is 11.3 Å². The maximum absolute atomic E-state index is 14.2. The van der Waals surface area contributed by atoms with E-state index in [0.29, 0.717) is 15.8 Å². The van der Waals surface area contributed by atoms with Crippen LogP contribution in [0.2, 0.25) is 0 Å². The predicted octanol–water partition coefficient (Wildman–Crippen LogP) is 2.96. The molecule has 0 unspecified atom stereocenters. The minimum Gasteiger partial charge on any atom is -0.494 e. The van der Waals surface area contributed by atoms with E-state index in [1.54, 1.807) is 18.2 Å². The monoisotopic (exact) mass is 304 g/mol. The maximum atomic E-state index is 14.2. The normalized spacial score (nSPS) is 11.0.